The number of hydrogen-bond donors (Lipinski definition) is 2. The number of hydrazone groups is 1. The van der Waals surface area contributed by atoms with Crippen molar-refractivity contribution in [2.24, 2.45) is 5.10 Å². The molecule has 34 heavy (non-hydrogen) atoms. The number of piperazine rings is 1. The first-order valence-electron chi connectivity index (χ1n) is 10.6. The Labute approximate surface area is 205 Å². The lowest BCUT2D eigenvalue weighted by molar-refractivity contribution is -0.137. The van der Waals surface area contributed by atoms with E-state index in [0.29, 0.717) is 42.6 Å². The van der Waals surface area contributed by atoms with E-state index in [2.05, 4.69) is 31.9 Å². The summed E-state index contributed by atoms with van der Waals surface area (Å²) >= 11 is 7.75. The number of halogens is 4. The van der Waals surface area contributed by atoms with E-state index >= 15 is 0 Å². The molecule has 1 atom stereocenters. The van der Waals surface area contributed by atoms with Crippen LogP contribution in [0.2, 0.25) is 5.15 Å². The molecule has 1 aliphatic rings. The van der Waals surface area contributed by atoms with Crippen molar-refractivity contribution in [3.8, 4) is 6.07 Å². The Morgan fingerprint density at radius 2 is 2.18 bits per heavy atom. The molecule has 1 aliphatic heterocycles. The van der Waals surface area contributed by atoms with Gasteiger partial charge in [0.05, 0.1) is 35.5 Å². The summed E-state index contributed by atoms with van der Waals surface area (Å²) in [6.45, 7) is 5.21. The Bertz CT molecular complexity index is 1090. The van der Waals surface area contributed by atoms with Gasteiger partial charge >= 0.3 is 6.18 Å². The van der Waals surface area contributed by atoms with Gasteiger partial charge in [-0.3, -0.25) is 5.43 Å². The third kappa shape index (κ3) is 6.11. The molecule has 0 radical (unpaired) electrons. The lowest BCUT2D eigenvalue weighted by Crippen LogP contribution is -2.51. The minimum absolute atomic E-state index is 0.0405. The average molecular weight is 512 g/mol. The zero-order valence-electron chi connectivity index (χ0n) is 18.9. The molecule has 0 aliphatic carbocycles. The highest BCUT2D eigenvalue weighted by Crippen LogP contribution is 2.40. The van der Waals surface area contributed by atoms with Crippen molar-refractivity contribution >= 4 is 41.1 Å². The maximum Gasteiger partial charge on any atom is 0.418 e. The number of alkyl halides is 3. The van der Waals surface area contributed by atoms with Gasteiger partial charge in [0.2, 0.25) is 0 Å². The Morgan fingerprint density at radius 1 is 1.41 bits per heavy atom. The Balaban J connectivity index is 1.96. The number of hydrogen-bond acceptors (Lipinski definition) is 8. The monoisotopic (exact) mass is 511 g/mol. The predicted molar refractivity (Wildman–Crippen MR) is 130 cm³/mol. The molecule has 2 heterocycles. The predicted octanol–water partition coefficient (Wildman–Crippen LogP) is 5.13. The quantitative estimate of drug-likeness (QED) is 0.175. The van der Waals surface area contributed by atoms with Crippen LogP contribution in [0.1, 0.15) is 42.9 Å². The molecule has 12 heteroatoms. The number of rotatable bonds is 7. The summed E-state index contributed by atoms with van der Waals surface area (Å²) in [6, 6.07) is 6.49. The SMILES string of the molecule is CSc1nc(Cl)c(/C=N/Nc2cccc(C(C)C)c2C(F)(F)F)c(N2CCNC(CC#N)C2)n1. The van der Waals surface area contributed by atoms with Crippen LogP contribution in [0.15, 0.2) is 28.5 Å². The number of thioether (sulfide) groups is 1. The topological polar surface area (TPSA) is 89.2 Å². The second-order valence-corrected chi connectivity index (χ2v) is 9.12. The van der Waals surface area contributed by atoms with Crippen molar-refractivity contribution in [3.05, 3.63) is 40.0 Å². The first kappa shape index (κ1) is 26.1. The van der Waals surface area contributed by atoms with E-state index in [9.17, 15) is 13.2 Å². The molecule has 0 amide bonds. The van der Waals surface area contributed by atoms with Gasteiger partial charge in [-0.2, -0.15) is 23.5 Å². The Kier molecular flexibility index (Phi) is 8.62. The lowest BCUT2D eigenvalue weighted by Gasteiger charge is -2.34. The highest BCUT2D eigenvalue weighted by atomic mass is 35.5. The van der Waals surface area contributed by atoms with Gasteiger partial charge < -0.3 is 10.2 Å². The summed E-state index contributed by atoms with van der Waals surface area (Å²) in [4.78, 5) is 10.8. The van der Waals surface area contributed by atoms with Crippen LogP contribution in [0, 0.1) is 11.3 Å². The molecule has 2 N–H and O–H groups in total. The van der Waals surface area contributed by atoms with Crippen molar-refractivity contribution < 1.29 is 13.2 Å². The standard InChI is InChI=1S/C22H25ClF3N7S/c1-13(2)15-5-4-6-17(18(15)22(24,25)26)32-29-11-16-19(23)30-21(34-3)31-20(16)33-10-9-28-14(12-33)7-8-27/h4-6,11,13-14,28,32H,7,9-10,12H2,1-3H3/b29-11+. The van der Waals surface area contributed by atoms with Gasteiger partial charge in [0.1, 0.15) is 11.0 Å². The van der Waals surface area contributed by atoms with E-state index in [1.54, 1.807) is 19.9 Å². The highest BCUT2D eigenvalue weighted by Gasteiger charge is 2.36. The largest absolute Gasteiger partial charge is 0.418 e. The summed E-state index contributed by atoms with van der Waals surface area (Å²) in [7, 11) is 0. The van der Waals surface area contributed by atoms with Gasteiger partial charge in [0.25, 0.3) is 0 Å². The minimum atomic E-state index is -4.54. The molecule has 2 aromatic rings. The number of nitrogens with one attached hydrogen (secondary N) is 2. The fraction of sp³-hybridized carbons (Fsp3) is 0.455. The van der Waals surface area contributed by atoms with Gasteiger partial charge in [0.15, 0.2) is 5.16 Å². The summed E-state index contributed by atoms with van der Waals surface area (Å²) in [5.41, 5.74) is 2.21. The smallest absolute Gasteiger partial charge is 0.353 e. The third-order valence-electron chi connectivity index (χ3n) is 5.31. The molecule has 3 rings (SSSR count). The zero-order valence-corrected chi connectivity index (χ0v) is 20.5. The number of benzene rings is 1. The van der Waals surface area contributed by atoms with E-state index in [4.69, 9.17) is 16.9 Å². The first-order chi connectivity index (χ1) is 16.2. The zero-order chi connectivity index (χ0) is 24.9. The molecular formula is C22H25ClF3N7S. The van der Waals surface area contributed by atoms with E-state index in [0.717, 1.165) is 0 Å². The summed E-state index contributed by atoms with van der Waals surface area (Å²) in [6.07, 6.45) is -1.05. The summed E-state index contributed by atoms with van der Waals surface area (Å²) in [5.74, 6) is 0.205. The molecule has 1 aromatic heterocycles. The molecule has 0 saturated carbocycles. The third-order valence-corrected chi connectivity index (χ3v) is 6.15. The van der Waals surface area contributed by atoms with Crippen LogP contribution >= 0.6 is 23.4 Å². The maximum absolute atomic E-state index is 13.8. The van der Waals surface area contributed by atoms with Gasteiger partial charge in [0, 0.05) is 25.7 Å². The molecule has 1 saturated heterocycles. The van der Waals surface area contributed by atoms with Crippen molar-refractivity contribution in [1.29, 1.82) is 5.26 Å². The van der Waals surface area contributed by atoms with Gasteiger partial charge in [-0.1, -0.05) is 49.3 Å². The van der Waals surface area contributed by atoms with Crippen LogP contribution in [-0.4, -0.2) is 48.1 Å². The summed E-state index contributed by atoms with van der Waals surface area (Å²) < 4.78 is 41.4. The van der Waals surface area contributed by atoms with E-state index in [-0.39, 0.29) is 28.4 Å². The lowest BCUT2D eigenvalue weighted by atomic mass is 9.95. The maximum atomic E-state index is 13.8. The van der Waals surface area contributed by atoms with E-state index in [1.807, 2.05) is 11.2 Å². The molecule has 1 fully saturated rings. The van der Waals surface area contributed by atoms with Crippen molar-refractivity contribution in [3.63, 3.8) is 0 Å². The Hall–Kier alpha value is -2.55. The normalized spacial score (nSPS) is 16.8. The van der Waals surface area contributed by atoms with Gasteiger partial charge in [-0.15, -0.1) is 0 Å². The van der Waals surface area contributed by atoms with Crippen molar-refractivity contribution in [1.82, 2.24) is 15.3 Å². The van der Waals surface area contributed by atoms with Crippen LogP contribution < -0.4 is 15.6 Å². The molecule has 0 bridgehead atoms. The number of nitrogens with zero attached hydrogens (tertiary/aromatic N) is 5. The number of anilines is 2. The number of aromatic nitrogens is 2. The second kappa shape index (κ2) is 11.3. The van der Waals surface area contributed by atoms with Crippen molar-refractivity contribution in [2.45, 2.75) is 43.6 Å². The molecule has 1 aromatic carbocycles. The minimum Gasteiger partial charge on any atom is -0.353 e. The van der Waals surface area contributed by atoms with E-state index < -0.39 is 11.7 Å². The van der Waals surface area contributed by atoms with Crippen LogP contribution in [0.3, 0.4) is 0 Å². The molecular weight excluding hydrogens is 487 g/mol. The summed E-state index contributed by atoms with van der Waals surface area (Å²) in [5, 5.41) is 17.0. The van der Waals surface area contributed by atoms with E-state index in [1.165, 1.54) is 30.1 Å². The molecule has 0 spiro atoms. The average Bonchev–Trinajstić information content (AvgIpc) is 2.79. The Morgan fingerprint density at radius 3 is 2.82 bits per heavy atom. The molecule has 182 valence electrons. The first-order valence-corrected chi connectivity index (χ1v) is 12.2. The highest BCUT2D eigenvalue weighted by molar-refractivity contribution is 7.98. The van der Waals surface area contributed by atoms with Crippen LogP contribution in [0.5, 0.6) is 0 Å². The van der Waals surface area contributed by atoms with Crippen LogP contribution in [0.4, 0.5) is 24.7 Å². The van der Waals surface area contributed by atoms with Crippen LogP contribution in [0.25, 0.3) is 0 Å². The number of nitriles is 1. The van der Waals surface area contributed by atoms with Crippen molar-refractivity contribution in [2.75, 3.05) is 36.2 Å². The molecule has 1 unspecified atom stereocenters. The molecule has 7 nitrogen and oxygen atoms in total. The van der Waals surface area contributed by atoms with Gasteiger partial charge in [-0.25, -0.2) is 9.97 Å². The fourth-order valence-electron chi connectivity index (χ4n) is 3.75. The van der Waals surface area contributed by atoms with Crippen LogP contribution in [-0.2, 0) is 6.18 Å². The second-order valence-electron chi connectivity index (χ2n) is 7.99. The fourth-order valence-corrected chi connectivity index (χ4v) is 4.37. The van der Waals surface area contributed by atoms with Gasteiger partial charge in [-0.05, 0) is 23.8 Å².